The molecule has 1 amide bonds. The van der Waals surface area contributed by atoms with Crippen molar-refractivity contribution in [3.8, 4) is 6.07 Å². The fraction of sp³-hybridized carbons (Fsp3) is 0.500. The van der Waals surface area contributed by atoms with Gasteiger partial charge < -0.3 is 5.32 Å². The second-order valence-corrected chi connectivity index (χ2v) is 4.88. The Morgan fingerprint density at radius 2 is 2.16 bits per heavy atom. The van der Waals surface area contributed by atoms with E-state index in [1.807, 2.05) is 19.9 Å². The normalized spacial score (nSPS) is 11.7. The topological polar surface area (TPSA) is 52.9 Å². The number of carbonyl (C=O) groups excluding carboxylic acids is 1. The molecule has 3 heteroatoms. The number of hydrogen-bond donors (Lipinski definition) is 1. The summed E-state index contributed by atoms with van der Waals surface area (Å²) in [5, 5.41) is 11.9. The number of aryl methyl sites for hydroxylation is 1. The van der Waals surface area contributed by atoms with Gasteiger partial charge in [-0.3, -0.25) is 4.79 Å². The van der Waals surface area contributed by atoms with Crippen LogP contribution in [0.5, 0.6) is 0 Å². The number of carbonyl (C=O) groups is 1. The third kappa shape index (κ3) is 4.40. The lowest BCUT2D eigenvalue weighted by atomic mass is 9.98. The van der Waals surface area contributed by atoms with E-state index >= 15 is 0 Å². The second-order valence-electron chi connectivity index (χ2n) is 4.88. The van der Waals surface area contributed by atoms with Crippen LogP contribution < -0.4 is 5.32 Å². The first kappa shape index (κ1) is 15.2. The highest BCUT2D eigenvalue weighted by atomic mass is 16.1. The van der Waals surface area contributed by atoms with Crippen molar-refractivity contribution < 1.29 is 4.79 Å². The Bertz CT molecular complexity index is 474. The molecule has 1 aromatic rings. The monoisotopic (exact) mass is 258 g/mol. The number of benzene rings is 1. The molecule has 0 radical (unpaired) electrons. The van der Waals surface area contributed by atoms with Crippen molar-refractivity contribution in [2.24, 2.45) is 5.92 Å². The van der Waals surface area contributed by atoms with Crippen molar-refractivity contribution in [3.63, 3.8) is 0 Å². The maximum Gasteiger partial charge on any atom is 0.227 e. The minimum atomic E-state index is 0.0603. The zero-order valence-corrected chi connectivity index (χ0v) is 12.0. The van der Waals surface area contributed by atoms with Crippen LogP contribution in [-0.4, -0.2) is 5.91 Å². The molecule has 0 aliphatic carbocycles. The lowest BCUT2D eigenvalue weighted by Gasteiger charge is -2.16. The molecule has 102 valence electrons. The van der Waals surface area contributed by atoms with Crippen LogP contribution in [0.1, 0.15) is 50.7 Å². The van der Waals surface area contributed by atoms with Crippen molar-refractivity contribution in [2.75, 3.05) is 5.32 Å². The van der Waals surface area contributed by atoms with Crippen LogP contribution in [0.2, 0.25) is 0 Å². The van der Waals surface area contributed by atoms with Gasteiger partial charge in [0.2, 0.25) is 5.91 Å². The molecular formula is C16H22N2O. The van der Waals surface area contributed by atoms with Gasteiger partial charge in [-0.1, -0.05) is 32.8 Å². The van der Waals surface area contributed by atoms with E-state index in [0.29, 0.717) is 5.56 Å². The van der Waals surface area contributed by atoms with Gasteiger partial charge in [0.1, 0.15) is 0 Å². The van der Waals surface area contributed by atoms with Gasteiger partial charge in [0.15, 0.2) is 0 Å². The molecule has 0 aliphatic heterocycles. The van der Waals surface area contributed by atoms with E-state index in [4.69, 9.17) is 5.26 Å². The van der Waals surface area contributed by atoms with Gasteiger partial charge in [-0.2, -0.15) is 5.26 Å². The molecule has 0 saturated heterocycles. The van der Waals surface area contributed by atoms with Crippen LogP contribution >= 0.6 is 0 Å². The average molecular weight is 258 g/mol. The smallest absolute Gasteiger partial charge is 0.227 e. The van der Waals surface area contributed by atoms with E-state index in [1.165, 1.54) is 0 Å². The number of amides is 1. The van der Waals surface area contributed by atoms with E-state index in [-0.39, 0.29) is 11.8 Å². The third-order valence-electron chi connectivity index (χ3n) is 3.39. The Morgan fingerprint density at radius 3 is 2.74 bits per heavy atom. The van der Waals surface area contributed by atoms with Crippen molar-refractivity contribution in [1.29, 1.82) is 5.26 Å². The Balaban J connectivity index is 2.78. The molecule has 0 bridgehead atoms. The minimum Gasteiger partial charge on any atom is -0.326 e. The molecule has 0 heterocycles. The van der Waals surface area contributed by atoms with Crippen LogP contribution in [0.25, 0.3) is 0 Å². The molecule has 1 rings (SSSR count). The van der Waals surface area contributed by atoms with Crippen molar-refractivity contribution in [3.05, 3.63) is 29.3 Å². The first-order chi connectivity index (χ1) is 9.12. The highest BCUT2D eigenvalue weighted by molar-refractivity contribution is 5.93. The summed E-state index contributed by atoms with van der Waals surface area (Å²) < 4.78 is 0. The Hall–Kier alpha value is -1.82. The van der Waals surface area contributed by atoms with Crippen molar-refractivity contribution >= 4 is 11.6 Å². The number of nitrogens with zero attached hydrogens (tertiary/aromatic N) is 1. The molecule has 1 N–H and O–H groups in total. The van der Waals surface area contributed by atoms with Gasteiger partial charge in [0, 0.05) is 11.6 Å². The molecule has 1 aromatic carbocycles. The van der Waals surface area contributed by atoms with Crippen molar-refractivity contribution in [1.82, 2.24) is 0 Å². The second kappa shape index (κ2) is 7.58. The van der Waals surface area contributed by atoms with Gasteiger partial charge in [0.05, 0.1) is 11.6 Å². The van der Waals surface area contributed by atoms with Crippen LogP contribution in [0.3, 0.4) is 0 Å². The summed E-state index contributed by atoms with van der Waals surface area (Å²) in [6.45, 7) is 6.10. The van der Waals surface area contributed by atoms with Crippen molar-refractivity contribution in [2.45, 2.75) is 46.5 Å². The standard InChI is InChI=1S/C16H22N2O/c1-4-6-7-14(5-2)16(19)18-15-10-13(11-17)9-8-12(15)3/h8-10,14H,4-7H2,1-3H3,(H,18,19). The number of unbranched alkanes of at least 4 members (excludes halogenated alkanes) is 1. The minimum absolute atomic E-state index is 0.0603. The summed E-state index contributed by atoms with van der Waals surface area (Å²) >= 11 is 0. The summed E-state index contributed by atoms with van der Waals surface area (Å²) in [7, 11) is 0. The quantitative estimate of drug-likeness (QED) is 0.837. The first-order valence-electron chi connectivity index (χ1n) is 6.94. The largest absolute Gasteiger partial charge is 0.326 e. The van der Waals surface area contributed by atoms with Gasteiger partial charge in [-0.15, -0.1) is 0 Å². The number of nitrogens with one attached hydrogen (secondary N) is 1. The van der Waals surface area contributed by atoms with Gasteiger partial charge in [-0.25, -0.2) is 0 Å². The number of nitriles is 1. The zero-order valence-electron chi connectivity index (χ0n) is 12.0. The Morgan fingerprint density at radius 1 is 1.42 bits per heavy atom. The average Bonchev–Trinajstić information content (AvgIpc) is 2.42. The summed E-state index contributed by atoms with van der Waals surface area (Å²) in [5.74, 6) is 0.124. The summed E-state index contributed by atoms with van der Waals surface area (Å²) in [4.78, 5) is 12.2. The molecule has 1 atom stereocenters. The lowest BCUT2D eigenvalue weighted by molar-refractivity contribution is -0.120. The maximum absolute atomic E-state index is 12.2. The molecule has 0 saturated carbocycles. The lowest BCUT2D eigenvalue weighted by Crippen LogP contribution is -2.22. The summed E-state index contributed by atoms with van der Waals surface area (Å²) in [5.41, 5.74) is 2.30. The van der Waals surface area contributed by atoms with E-state index in [1.54, 1.807) is 12.1 Å². The predicted octanol–water partition coefficient (Wildman–Crippen LogP) is 4.02. The molecule has 0 fully saturated rings. The highest BCUT2D eigenvalue weighted by Gasteiger charge is 2.16. The summed E-state index contributed by atoms with van der Waals surface area (Å²) in [6, 6.07) is 7.46. The van der Waals surface area contributed by atoms with E-state index in [0.717, 1.165) is 36.9 Å². The van der Waals surface area contributed by atoms with Gasteiger partial charge in [0.25, 0.3) is 0 Å². The molecule has 3 nitrogen and oxygen atoms in total. The van der Waals surface area contributed by atoms with Crippen LogP contribution in [0.4, 0.5) is 5.69 Å². The SMILES string of the molecule is CCCCC(CC)C(=O)Nc1cc(C#N)ccc1C. The highest BCUT2D eigenvalue weighted by Crippen LogP contribution is 2.20. The van der Waals surface area contributed by atoms with Gasteiger partial charge >= 0.3 is 0 Å². The molecule has 1 unspecified atom stereocenters. The maximum atomic E-state index is 12.2. The van der Waals surface area contributed by atoms with Crippen LogP contribution in [-0.2, 0) is 4.79 Å². The van der Waals surface area contributed by atoms with E-state index in [2.05, 4.69) is 18.3 Å². The van der Waals surface area contributed by atoms with Gasteiger partial charge in [-0.05, 0) is 37.5 Å². The van der Waals surface area contributed by atoms with Crippen LogP contribution in [0, 0.1) is 24.2 Å². The number of rotatable bonds is 6. The zero-order chi connectivity index (χ0) is 14.3. The fourth-order valence-electron chi connectivity index (χ4n) is 2.03. The molecular weight excluding hydrogens is 236 g/mol. The fourth-order valence-corrected chi connectivity index (χ4v) is 2.03. The molecule has 0 aromatic heterocycles. The van der Waals surface area contributed by atoms with Crippen LogP contribution in [0.15, 0.2) is 18.2 Å². The predicted molar refractivity (Wildman–Crippen MR) is 77.8 cm³/mol. The van der Waals surface area contributed by atoms with E-state index < -0.39 is 0 Å². The van der Waals surface area contributed by atoms with E-state index in [9.17, 15) is 4.79 Å². The molecule has 0 spiro atoms. The Kier molecular flexibility index (Phi) is 6.08. The Labute approximate surface area is 115 Å². The summed E-state index contributed by atoms with van der Waals surface area (Å²) in [6.07, 6.45) is 3.95. The number of anilines is 1. The molecule has 19 heavy (non-hydrogen) atoms. The number of hydrogen-bond acceptors (Lipinski definition) is 2. The first-order valence-corrected chi connectivity index (χ1v) is 6.94. The molecule has 0 aliphatic rings. The third-order valence-corrected chi connectivity index (χ3v) is 3.39.